The van der Waals surface area contributed by atoms with Crippen LogP contribution in [0, 0.1) is 0 Å². The summed E-state index contributed by atoms with van der Waals surface area (Å²) in [5.41, 5.74) is 0.830. The van der Waals surface area contributed by atoms with Crippen LogP contribution in [0.15, 0.2) is 65.6 Å². The van der Waals surface area contributed by atoms with E-state index in [1.54, 1.807) is 27.7 Å². The molecule has 1 amide bonds. The van der Waals surface area contributed by atoms with Gasteiger partial charge in [-0.15, -0.1) is 11.8 Å². The van der Waals surface area contributed by atoms with Crippen LogP contribution in [0.5, 0.6) is 0 Å². The van der Waals surface area contributed by atoms with Gasteiger partial charge < -0.3 is 42.8 Å². The van der Waals surface area contributed by atoms with Gasteiger partial charge in [-0.3, -0.25) is 14.1 Å². The summed E-state index contributed by atoms with van der Waals surface area (Å²) in [6.45, 7) is 10.1. The van der Waals surface area contributed by atoms with Crippen molar-refractivity contribution in [2.24, 2.45) is 0 Å². The lowest BCUT2D eigenvalue weighted by Gasteiger charge is -2.52. The molecule has 1 N–H and O–H groups in total. The topological polar surface area (TPSA) is 146 Å². The Morgan fingerprint density at radius 3 is 2.14 bits per heavy atom. The highest BCUT2D eigenvalue weighted by atomic mass is 32.2. The average Bonchev–Trinajstić information content (AvgIpc) is 3.44. The molecule has 270 valence electrons. The quantitative estimate of drug-likeness (QED) is 0.185. The molecule has 2 fully saturated rings. The van der Waals surface area contributed by atoms with Crippen molar-refractivity contribution in [3.05, 3.63) is 66.2 Å². The minimum Gasteiger partial charge on any atom is -0.465 e. The molecule has 0 saturated carbocycles. The van der Waals surface area contributed by atoms with Gasteiger partial charge in [-0.05, 0) is 45.4 Å². The fourth-order valence-corrected chi connectivity index (χ4v) is 8.07. The van der Waals surface area contributed by atoms with E-state index in [-0.39, 0.29) is 26.4 Å². The van der Waals surface area contributed by atoms with Crippen LogP contribution in [0.4, 0.5) is 0 Å². The van der Waals surface area contributed by atoms with E-state index in [0.717, 1.165) is 10.5 Å². The lowest BCUT2D eigenvalue weighted by Crippen LogP contribution is -2.74. The largest absolute Gasteiger partial charge is 0.465 e. The Morgan fingerprint density at radius 2 is 1.61 bits per heavy atom. The SMILES string of the molecule is CCOP(OCC)O[C@]1(C(=O)OC)O[C@@H]([C@H](OC(C)=O)[C@H]2COC(C)(C)O2)[C@H](NC(C)=O)[C@@H](OCc2ccccc2)C1Sc1ccccc1. The number of methoxy groups -OCH3 is 1. The molecule has 49 heavy (non-hydrogen) atoms. The monoisotopic (exact) mass is 723 g/mol. The molecule has 2 heterocycles. The minimum absolute atomic E-state index is 0.0199. The van der Waals surface area contributed by atoms with Crippen LogP contribution >= 0.6 is 20.4 Å². The van der Waals surface area contributed by atoms with Crippen molar-refractivity contribution in [3.63, 3.8) is 0 Å². The number of thioether (sulfide) groups is 1. The standard InChI is InChI=1S/C34H46NO12PS/c1-8-42-48(43-9-2)47-34(32(38)39-7)31(49-25-18-14-11-15-19-25)30(40-20-24-16-12-10-13-17-24)27(35-22(3)36)29(46-34)28(44-23(4)37)26-21-41-33(5,6)45-26/h10-19,26-31H,8-9,20-21H2,1-7H3,(H,35,36)/t26-,27+,28-,29-,30-,31?,34-/m1/s1. The second kappa shape index (κ2) is 18.0. The maximum absolute atomic E-state index is 14.3. The molecule has 1 unspecified atom stereocenters. The summed E-state index contributed by atoms with van der Waals surface area (Å²) >= 11 is 1.24. The van der Waals surface area contributed by atoms with E-state index in [1.807, 2.05) is 60.7 Å². The summed E-state index contributed by atoms with van der Waals surface area (Å²) in [5, 5.41) is 1.92. The van der Waals surface area contributed by atoms with Crippen LogP contribution in [0.25, 0.3) is 0 Å². The number of ether oxygens (including phenoxy) is 6. The van der Waals surface area contributed by atoms with Gasteiger partial charge in [0, 0.05) is 18.7 Å². The second-order valence-electron chi connectivity index (χ2n) is 11.7. The number of hydrogen-bond donors (Lipinski definition) is 1. The first-order chi connectivity index (χ1) is 23.4. The number of nitrogens with one attached hydrogen (secondary N) is 1. The molecule has 2 aromatic rings. The fourth-order valence-electron chi connectivity index (χ4n) is 5.60. The van der Waals surface area contributed by atoms with Gasteiger partial charge in [0.2, 0.25) is 5.91 Å². The molecule has 2 aromatic carbocycles. The highest BCUT2D eigenvalue weighted by molar-refractivity contribution is 8.00. The highest BCUT2D eigenvalue weighted by Gasteiger charge is 2.66. The first-order valence-corrected chi connectivity index (χ1v) is 18.0. The van der Waals surface area contributed by atoms with Gasteiger partial charge in [0.05, 0.1) is 45.7 Å². The highest BCUT2D eigenvalue weighted by Crippen LogP contribution is 2.53. The van der Waals surface area contributed by atoms with E-state index in [4.69, 9.17) is 42.0 Å². The van der Waals surface area contributed by atoms with Gasteiger partial charge in [0.15, 0.2) is 11.9 Å². The zero-order valence-electron chi connectivity index (χ0n) is 28.8. The van der Waals surface area contributed by atoms with E-state index >= 15 is 0 Å². The average molecular weight is 724 g/mol. The molecule has 0 aromatic heterocycles. The molecule has 2 saturated heterocycles. The molecule has 15 heteroatoms. The molecular weight excluding hydrogens is 677 g/mol. The van der Waals surface area contributed by atoms with Crippen LogP contribution in [-0.4, -0.2) is 92.1 Å². The number of carbonyl (C=O) groups excluding carboxylic acids is 3. The van der Waals surface area contributed by atoms with Gasteiger partial charge in [-0.1, -0.05) is 48.5 Å². The fraction of sp³-hybridized carbons (Fsp3) is 0.559. The van der Waals surface area contributed by atoms with E-state index in [1.165, 1.54) is 32.7 Å². The van der Waals surface area contributed by atoms with Crippen LogP contribution in [0.1, 0.15) is 47.1 Å². The molecule has 0 spiro atoms. The third kappa shape index (κ3) is 10.2. The predicted molar refractivity (Wildman–Crippen MR) is 180 cm³/mol. The molecule has 2 aliphatic rings. The van der Waals surface area contributed by atoms with Crippen molar-refractivity contribution >= 4 is 38.2 Å². The molecule has 2 aliphatic heterocycles. The number of esters is 2. The van der Waals surface area contributed by atoms with Gasteiger partial charge in [-0.25, -0.2) is 4.79 Å². The van der Waals surface area contributed by atoms with Crippen LogP contribution in [0.3, 0.4) is 0 Å². The van der Waals surface area contributed by atoms with Gasteiger partial charge >= 0.3 is 20.5 Å². The molecular formula is C34H46NO12PS. The number of hydrogen-bond acceptors (Lipinski definition) is 13. The lowest BCUT2D eigenvalue weighted by atomic mass is 9.87. The van der Waals surface area contributed by atoms with Crippen molar-refractivity contribution in [3.8, 4) is 0 Å². The minimum atomic E-state index is -2.29. The molecule has 0 aliphatic carbocycles. The lowest BCUT2D eigenvalue weighted by molar-refractivity contribution is -0.291. The Kier molecular flexibility index (Phi) is 14.4. The molecule has 4 rings (SSSR count). The molecule has 7 atom stereocenters. The third-order valence-electron chi connectivity index (χ3n) is 7.53. The first kappa shape index (κ1) is 39.1. The smallest absolute Gasteiger partial charge is 0.368 e. The maximum Gasteiger partial charge on any atom is 0.368 e. The van der Waals surface area contributed by atoms with Crippen molar-refractivity contribution in [2.45, 2.75) is 100 Å². The van der Waals surface area contributed by atoms with Crippen LogP contribution < -0.4 is 5.32 Å². The summed E-state index contributed by atoms with van der Waals surface area (Å²) in [5.74, 6) is -5.30. The van der Waals surface area contributed by atoms with E-state index in [2.05, 4.69) is 5.32 Å². The van der Waals surface area contributed by atoms with E-state index in [0.29, 0.717) is 0 Å². The Morgan fingerprint density at radius 1 is 0.980 bits per heavy atom. The summed E-state index contributed by atoms with van der Waals surface area (Å²) in [6.07, 6.45) is -4.44. The summed E-state index contributed by atoms with van der Waals surface area (Å²) < 4.78 is 55.0. The summed E-state index contributed by atoms with van der Waals surface area (Å²) in [4.78, 5) is 40.7. The van der Waals surface area contributed by atoms with Crippen molar-refractivity contribution in [1.82, 2.24) is 5.32 Å². The van der Waals surface area contributed by atoms with Gasteiger partial charge in [-0.2, -0.15) is 0 Å². The second-order valence-corrected chi connectivity index (χ2v) is 14.0. The van der Waals surface area contributed by atoms with E-state index in [9.17, 15) is 14.4 Å². The number of amides is 1. The number of carbonyl (C=O) groups is 3. The molecule has 0 radical (unpaired) electrons. The normalized spacial score (nSPS) is 27.0. The maximum atomic E-state index is 14.3. The van der Waals surface area contributed by atoms with Crippen LogP contribution in [-0.2, 0) is 63.0 Å². The van der Waals surface area contributed by atoms with Crippen molar-refractivity contribution in [1.29, 1.82) is 0 Å². The molecule has 0 bridgehead atoms. The van der Waals surface area contributed by atoms with Crippen molar-refractivity contribution in [2.75, 3.05) is 26.9 Å². The Hall–Kier alpha value is -2.65. The Balaban J connectivity index is 1.96. The third-order valence-corrected chi connectivity index (χ3v) is 10.3. The number of rotatable bonds is 16. The Bertz CT molecular complexity index is 1370. The predicted octanol–water partition coefficient (Wildman–Crippen LogP) is 4.91. The van der Waals surface area contributed by atoms with Gasteiger partial charge in [0.1, 0.15) is 17.5 Å². The van der Waals surface area contributed by atoms with E-state index < -0.39 is 73.7 Å². The van der Waals surface area contributed by atoms with Crippen molar-refractivity contribution < 1.29 is 56.4 Å². The molecule has 13 nitrogen and oxygen atoms in total. The first-order valence-electron chi connectivity index (χ1n) is 16.1. The van der Waals surface area contributed by atoms with Gasteiger partial charge in [0.25, 0.3) is 5.79 Å². The van der Waals surface area contributed by atoms with Crippen LogP contribution in [0.2, 0.25) is 0 Å². The zero-order valence-corrected chi connectivity index (χ0v) is 30.5. The summed E-state index contributed by atoms with van der Waals surface area (Å²) in [6, 6.07) is 17.7. The zero-order chi connectivity index (χ0) is 35.6. The summed E-state index contributed by atoms with van der Waals surface area (Å²) in [7, 11) is -0.994. The Labute approximate surface area is 292 Å². The number of benzene rings is 2.